The summed E-state index contributed by atoms with van der Waals surface area (Å²) in [6, 6.07) is 6.89. The molecule has 0 aliphatic heterocycles. The molecule has 1 unspecified atom stereocenters. The first kappa shape index (κ1) is 26.6. The molecule has 0 saturated heterocycles. The molecule has 0 aromatic heterocycles. The van der Waals surface area contributed by atoms with Gasteiger partial charge < -0.3 is 18.9 Å². The molecule has 0 bridgehead atoms. The zero-order valence-corrected chi connectivity index (χ0v) is 20.6. The van der Waals surface area contributed by atoms with Crippen molar-refractivity contribution in [2.75, 3.05) is 34.1 Å². The Morgan fingerprint density at radius 2 is 1.87 bits per heavy atom. The number of benzene rings is 1. The topological polar surface area (TPSA) is 77.1 Å². The molecule has 0 heterocycles. The minimum atomic E-state index is -3.48. The Bertz CT molecular complexity index is 711. The highest BCUT2D eigenvalue weighted by Gasteiger charge is 2.31. The number of hydrogen-bond donors (Lipinski definition) is 1. The fourth-order valence-corrected chi connectivity index (χ4v) is 5.25. The van der Waals surface area contributed by atoms with E-state index >= 15 is 0 Å². The lowest BCUT2D eigenvalue weighted by molar-refractivity contribution is -0.149. The zero-order valence-electron chi connectivity index (χ0n) is 19.7. The monoisotopic (exact) mass is 442 g/mol. The van der Waals surface area contributed by atoms with Gasteiger partial charge in [-0.15, -0.1) is 0 Å². The Hall–Kier alpha value is -1.40. The van der Waals surface area contributed by atoms with E-state index in [0.717, 1.165) is 18.5 Å². The predicted molar refractivity (Wildman–Crippen MR) is 121 cm³/mol. The molecule has 30 heavy (non-hydrogen) atoms. The molecule has 8 heteroatoms. The van der Waals surface area contributed by atoms with Crippen molar-refractivity contribution in [1.82, 2.24) is 9.99 Å². The van der Waals surface area contributed by atoms with Crippen molar-refractivity contribution in [3.05, 3.63) is 29.8 Å². The number of nitrogens with one attached hydrogen (secondary N) is 1. The van der Waals surface area contributed by atoms with E-state index in [1.807, 2.05) is 12.1 Å². The van der Waals surface area contributed by atoms with Crippen LogP contribution in [0.1, 0.15) is 52.5 Å². The first-order valence-electron chi connectivity index (χ1n) is 10.5. The molecule has 7 nitrogen and oxygen atoms in total. The summed E-state index contributed by atoms with van der Waals surface area (Å²) in [7, 11) is 2.11. The van der Waals surface area contributed by atoms with Crippen LogP contribution in [0.25, 0.3) is 0 Å². The van der Waals surface area contributed by atoms with E-state index in [2.05, 4.69) is 44.0 Å². The van der Waals surface area contributed by atoms with Crippen molar-refractivity contribution in [2.24, 2.45) is 5.92 Å². The van der Waals surface area contributed by atoms with E-state index in [9.17, 15) is 9.36 Å². The largest absolute Gasteiger partial charge is 0.462 e. The molecule has 0 aliphatic carbocycles. The Morgan fingerprint density at radius 1 is 1.20 bits per heavy atom. The summed E-state index contributed by atoms with van der Waals surface area (Å²) in [6.45, 7) is 10.5. The quantitative estimate of drug-likeness (QED) is 0.356. The summed E-state index contributed by atoms with van der Waals surface area (Å²) in [5.41, 5.74) is 1.14. The van der Waals surface area contributed by atoms with Crippen molar-refractivity contribution in [2.45, 2.75) is 59.1 Å². The van der Waals surface area contributed by atoms with Crippen molar-refractivity contribution in [3.63, 3.8) is 0 Å². The smallest absolute Gasteiger partial charge is 0.342 e. The Labute approximate surface area is 182 Å². The molecule has 0 spiro atoms. The summed E-state index contributed by atoms with van der Waals surface area (Å²) in [5.74, 6) is 0.809. The number of carbonyl (C=O) groups is 1. The van der Waals surface area contributed by atoms with Gasteiger partial charge in [0, 0.05) is 13.7 Å². The van der Waals surface area contributed by atoms with Gasteiger partial charge in [-0.2, -0.15) is 0 Å². The standard InChI is InChI=1S/C22H39N2O5P/c1-9-21(17(4)14-24(6)7)19-11-10-12-20(13-19)29-30(26,15-27-8)23-18(5)22(25)28-16(2)3/h10-13,16-18,21H,9,14-15H2,1-8H3,(H,23,26)/t17-,18-,21+,30?/m0/s1. The summed E-state index contributed by atoms with van der Waals surface area (Å²) in [6.07, 6.45) is 0.575. The summed E-state index contributed by atoms with van der Waals surface area (Å²) in [5, 5.41) is 2.79. The molecule has 1 aromatic carbocycles. The minimum absolute atomic E-state index is 0.162. The van der Waals surface area contributed by atoms with Crippen LogP contribution in [0.3, 0.4) is 0 Å². The van der Waals surface area contributed by atoms with E-state index in [4.69, 9.17) is 14.0 Å². The van der Waals surface area contributed by atoms with E-state index in [1.165, 1.54) is 7.11 Å². The number of rotatable bonds is 13. The van der Waals surface area contributed by atoms with Crippen LogP contribution in [-0.4, -0.2) is 57.1 Å². The molecule has 0 aliphatic rings. The maximum absolute atomic E-state index is 13.3. The molecule has 4 atom stereocenters. The van der Waals surface area contributed by atoms with Crippen LogP contribution in [0, 0.1) is 5.92 Å². The number of ether oxygens (including phenoxy) is 2. The van der Waals surface area contributed by atoms with Gasteiger partial charge in [0.1, 0.15) is 18.1 Å². The van der Waals surface area contributed by atoms with Crippen molar-refractivity contribution >= 4 is 13.5 Å². The third-order valence-electron chi connectivity index (χ3n) is 4.71. The van der Waals surface area contributed by atoms with Crippen LogP contribution in [-0.2, 0) is 18.8 Å². The van der Waals surface area contributed by atoms with Gasteiger partial charge in [-0.3, -0.25) is 9.36 Å². The lowest BCUT2D eigenvalue weighted by Gasteiger charge is -2.27. The molecule has 172 valence electrons. The molecular formula is C22H39N2O5P. The summed E-state index contributed by atoms with van der Waals surface area (Å²) < 4.78 is 29.5. The number of carbonyl (C=O) groups excluding carboxylic acids is 1. The second-order valence-corrected chi connectivity index (χ2v) is 10.4. The highest BCUT2D eigenvalue weighted by atomic mass is 31.2. The van der Waals surface area contributed by atoms with Gasteiger partial charge in [0.15, 0.2) is 0 Å². The molecule has 0 saturated carbocycles. The fourth-order valence-electron chi connectivity index (χ4n) is 3.58. The SMILES string of the molecule is CC[C@@H](c1cccc(OP(=O)(COC)N[C@@H](C)C(=O)OC(C)C)c1)[C@@H](C)CN(C)C. The zero-order chi connectivity index (χ0) is 22.9. The number of nitrogens with zero attached hydrogens (tertiary/aromatic N) is 1. The van der Waals surface area contributed by atoms with E-state index < -0.39 is 19.5 Å². The van der Waals surface area contributed by atoms with Crippen LogP contribution < -0.4 is 9.61 Å². The average molecular weight is 443 g/mol. The van der Waals surface area contributed by atoms with E-state index in [1.54, 1.807) is 26.8 Å². The molecule has 1 N–H and O–H groups in total. The van der Waals surface area contributed by atoms with Gasteiger partial charge in [-0.05, 0) is 70.8 Å². The first-order chi connectivity index (χ1) is 14.0. The Balaban J connectivity index is 3.02. The second-order valence-electron chi connectivity index (χ2n) is 8.35. The molecular weight excluding hydrogens is 403 g/mol. The second kappa shape index (κ2) is 12.5. The van der Waals surface area contributed by atoms with Crippen molar-refractivity contribution < 1.29 is 23.4 Å². The minimum Gasteiger partial charge on any atom is -0.462 e. The number of esters is 1. The normalized spacial score (nSPS) is 16.7. The summed E-state index contributed by atoms with van der Waals surface area (Å²) >= 11 is 0. The van der Waals surface area contributed by atoms with Gasteiger partial charge in [-0.25, -0.2) is 5.09 Å². The maximum atomic E-state index is 13.3. The van der Waals surface area contributed by atoms with Gasteiger partial charge in [-0.1, -0.05) is 26.0 Å². The van der Waals surface area contributed by atoms with Crippen LogP contribution >= 0.6 is 7.52 Å². The van der Waals surface area contributed by atoms with Gasteiger partial charge in [0.25, 0.3) is 0 Å². The average Bonchev–Trinajstić information content (AvgIpc) is 2.61. The maximum Gasteiger partial charge on any atom is 0.342 e. The number of hydrogen-bond acceptors (Lipinski definition) is 6. The van der Waals surface area contributed by atoms with Crippen LogP contribution in [0.2, 0.25) is 0 Å². The van der Waals surface area contributed by atoms with Crippen LogP contribution in [0.5, 0.6) is 5.75 Å². The van der Waals surface area contributed by atoms with Gasteiger partial charge in [0.2, 0.25) is 0 Å². The van der Waals surface area contributed by atoms with Crippen molar-refractivity contribution in [1.29, 1.82) is 0 Å². The fraction of sp³-hybridized carbons (Fsp3) is 0.682. The molecule has 0 fully saturated rings. The molecule has 1 rings (SSSR count). The highest BCUT2D eigenvalue weighted by Crippen LogP contribution is 2.44. The lowest BCUT2D eigenvalue weighted by atomic mass is 9.85. The third kappa shape index (κ3) is 8.76. The van der Waals surface area contributed by atoms with Gasteiger partial charge >= 0.3 is 13.5 Å². The predicted octanol–water partition coefficient (Wildman–Crippen LogP) is 4.48. The molecule has 0 radical (unpaired) electrons. The van der Waals surface area contributed by atoms with Gasteiger partial charge in [0.05, 0.1) is 6.10 Å². The van der Waals surface area contributed by atoms with E-state index in [-0.39, 0.29) is 12.5 Å². The first-order valence-corrected chi connectivity index (χ1v) is 12.3. The lowest BCUT2D eigenvalue weighted by Crippen LogP contribution is -2.36. The Kier molecular flexibility index (Phi) is 11.1. The van der Waals surface area contributed by atoms with Crippen LogP contribution in [0.15, 0.2) is 24.3 Å². The number of methoxy groups -OCH3 is 1. The van der Waals surface area contributed by atoms with Crippen molar-refractivity contribution in [3.8, 4) is 5.75 Å². The molecule has 1 aromatic rings. The van der Waals surface area contributed by atoms with E-state index in [0.29, 0.717) is 17.6 Å². The van der Waals surface area contributed by atoms with Crippen LogP contribution in [0.4, 0.5) is 0 Å². The summed E-state index contributed by atoms with van der Waals surface area (Å²) in [4.78, 5) is 14.3. The molecule has 0 amide bonds. The Morgan fingerprint density at radius 3 is 2.40 bits per heavy atom. The third-order valence-corrected chi connectivity index (χ3v) is 6.60. The highest BCUT2D eigenvalue weighted by molar-refractivity contribution is 7.57.